The Labute approximate surface area is 101 Å². The monoisotopic (exact) mass is 229 g/mol. The molecule has 2 rings (SSSR count). The van der Waals surface area contributed by atoms with Crippen molar-refractivity contribution in [3.05, 3.63) is 61.7 Å². The zero-order valence-corrected chi connectivity index (χ0v) is 10.7. The molecule has 0 amide bonds. The molecular formula is C15H18P. The lowest BCUT2D eigenvalue weighted by Crippen LogP contribution is -2.08. The van der Waals surface area contributed by atoms with Crippen LogP contribution < -0.4 is 5.30 Å². The second-order valence-corrected chi connectivity index (χ2v) is 6.32. The summed E-state index contributed by atoms with van der Waals surface area (Å²) in [6.07, 6.45) is 12.8. The largest absolute Gasteiger partial charge is 0.0674 e. The topological polar surface area (TPSA) is 0 Å². The van der Waals surface area contributed by atoms with E-state index in [-0.39, 0.29) is 7.92 Å². The Morgan fingerprint density at radius 1 is 1.00 bits per heavy atom. The molecule has 0 saturated heterocycles. The lowest BCUT2D eigenvalue weighted by atomic mass is 10.4. The van der Waals surface area contributed by atoms with Crippen LogP contribution in [0.3, 0.4) is 0 Å². The highest BCUT2D eigenvalue weighted by Gasteiger charge is 2.26. The van der Waals surface area contributed by atoms with Crippen molar-refractivity contribution in [3.63, 3.8) is 0 Å². The van der Waals surface area contributed by atoms with Gasteiger partial charge in [0.25, 0.3) is 0 Å². The SMILES string of the molecule is CCCC[P@@]([C]1[CH][CH][CH][CH]1)c1ccccc1. The minimum Gasteiger partial charge on any atom is -0.0674 e. The molecule has 1 atom stereocenters. The number of rotatable bonds is 5. The van der Waals surface area contributed by atoms with Crippen molar-refractivity contribution in [3.8, 4) is 0 Å². The molecule has 1 aliphatic rings. The maximum atomic E-state index is 2.27. The van der Waals surface area contributed by atoms with E-state index < -0.39 is 0 Å². The molecule has 0 bridgehead atoms. The molecule has 1 aliphatic carbocycles. The Kier molecular flexibility index (Phi) is 4.85. The average Bonchev–Trinajstić information content (AvgIpc) is 2.85. The Bertz CT molecular complexity index is 288. The van der Waals surface area contributed by atoms with Gasteiger partial charge >= 0.3 is 0 Å². The first-order valence-corrected chi connectivity index (χ1v) is 7.49. The van der Waals surface area contributed by atoms with E-state index in [0.717, 1.165) is 0 Å². The Balaban J connectivity index is 2.07. The molecule has 0 aromatic heterocycles. The summed E-state index contributed by atoms with van der Waals surface area (Å²) >= 11 is 0. The molecule has 0 aliphatic heterocycles. The van der Waals surface area contributed by atoms with Gasteiger partial charge in [-0.05, 0) is 43.6 Å². The van der Waals surface area contributed by atoms with Crippen LogP contribution >= 0.6 is 7.92 Å². The maximum Gasteiger partial charge on any atom is 0.0118 e. The normalized spacial score (nSPS) is 18.8. The highest BCUT2D eigenvalue weighted by atomic mass is 31.1. The molecule has 0 unspecified atom stereocenters. The van der Waals surface area contributed by atoms with Crippen LogP contribution in [0.15, 0.2) is 30.3 Å². The van der Waals surface area contributed by atoms with Crippen molar-refractivity contribution < 1.29 is 0 Å². The van der Waals surface area contributed by atoms with E-state index in [4.69, 9.17) is 0 Å². The van der Waals surface area contributed by atoms with Gasteiger partial charge in [-0.2, -0.15) is 0 Å². The summed E-state index contributed by atoms with van der Waals surface area (Å²) in [5.41, 5.74) is 1.52. The number of benzene rings is 1. The summed E-state index contributed by atoms with van der Waals surface area (Å²) in [5, 5.41) is 1.51. The van der Waals surface area contributed by atoms with Gasteiger partial charge in [0.2, 0.25) is 0 Å². The molecule has 5 radical (unpaired) electrons. The van der Waals surface area contributed by atoms with Crippen LogP contribution in [0.25, 0.3) is 0 Å². The Morgan fingerprint density at radius 3 is 2.31 bits per heavy atom. The number of unbranched alkanes of at least 4 members (excludes halogenated alkanes) is 1. The van der Waals surface area contributed by atoms with Crippen molar-refractivity contribution >= 4 is 13.2 Å². The third kappa shape index (κ3) is 3.08. The van der Waals surface area contributed by atoms with E-state index in [9.17, 15) is 0 Å². The van der Waals surface area contributed by atoms with E-state index in [1.54, 1.807) is 0 Å². The fourth-order valence-corrected chi connectivity index (χ4v) is 4.39. The second kappa shape index (κ2) is 6.40. The summed E-state index contributed by atoms with van der Waals surface area (Å²) in [6.45, 7) is 2.27. The lowest BCUT2D eigenvalue weighted by molar-refractivity contribution is 0.892. The summed E-state index contributed by atoms with van der Waals surface area (Å²) in [6, 6.07) is 10.9. The molecule has 1 fully saturated rings. The van der Waals surface area contributed by atoms with Crippen LogP contribution in [0.5, 0.6) is 0 Å². The highest BCUT2D eigenvalue weighted by Crippen LogP contribution is 2.52. The third-order valence-corrected chi connectivity index (χ3v) is 5.37. The van der Waals surface area contributed by atoms with Gasteiger partial charge in [0.1, 0.15) is 0 Å². The van der Waals surface area contributed by atoms with Crippen LogP contribution in [0.4, 0.5) is 0 Å². The summed E-state index contributed by atoms with van der Waals surface area (Å²) in [4.78, 5) is 0. The van der Waals surface area contributed by atoms with Gasteiger partial charge in [0.05, 0.1) is 0 Å². The first kappa shape index (κ1) is 12.1. The summed E-state index contributed by atoms with van der Waals surface area (Å²) in [5.74, 6) is 0. The Hall–Kier alpha value is -0.350. The predicted molar refractivity (Wildman–Crippen MR) is 73.2 cm³/mol. The van der Waals surface area contributed by atoms with Crippen LogP contribution in [-0.2, 0) is 0 Å². The van der Waals surface area contributed by atoms with E-state index in [2.05, 4.69) is 62.9 Å². The van der Waals surface area contributed by atoms with Gasteiger partial charge in [-0.15, -0.1) is 0 Å². The molecule has 1 aromatic rings. The zero-order valence-electron chi connectivity index (χ0n) is 9.76. The van der Waals surface area contributed by atoms with E-state index in [1.165, 1.54) is 30.0 Å². The van der Waals surface area contributed by atoms with Gasteiger partial charge in [-0.3, -0.25) is 0 Å². The summed E-state index contributed by atoms with van der Waals surface area (Å²) in [7, 11) is -0.120. The molecular weight excluding hydrogens is 211 g/mol. The van der Waals surface area contributed by atoms with E-state index in [0.29, 0.717) is 0 Å². The minimum absolute atomic E-state index is 0.120. The number of hydrogen-bond donors (Lipinski definition) is 0. The highest BCUT2D eigenvalue weighted by molar-refractivity contribution is 7.69. The maximum absolute atomic E-state index is 2.27. The molecule has 83 valence electrons. The van der Waals surface area contributed by atoms with Crippen LogP contribution in [0.1, 0.15) is 19.8 Å². The fourth-order valence-electron chi connectivity index (χ4n) is 1.88. The van der Waals surface area contributed by atoms with E-state index >= 15 is 0 Å². The smallest absolute Gasteiger partial charge is 0.0118 e. The standard InChI is InChI=1S/C15H18P/c1-2-3-13-16(15-11-7-8-12-15)14-9-5-4-6-10-14/h4-12H,2-3,13H2,1H3/t16-/m1/s1. The van der Waals surface area contributed by atoms with Gasteiger partial charge in [0, 0.05) is 5.66 Å². The van der Waals surface area contributed by atoms with Crippen LogP contribution in [0, 0.1) is 31.3 Å². The molecule has 0 N–H and O–H groups in total. The van der Waals surface area contributed by atoms with Crippen LogP contribution in [0.2, 0.25) is 0 Å². The van der Waals surface area contributed by atoms with Gasteiger partial charge in [-0.1, -0.05) is 51.6 Å². The second-order valence-electron chi connectivity index (χ2n) is 3.98. The first-order valence-electron chi connectivity index (χ1n) is 5.96. The van der Waals surface area contributed by atoms with E-state index in [1.807, 2.05) is 0 Å². The van der Waals surface area contributed by atoms with Crippen molar-refractivity contribution in [2.24, 2.45) is 0 Å². The van der Waals surface area contributed by atoms with Crippen molar-refractivity contribution in [2.75, 3.05) is 6.16 Å². The molecule has 1 saturated carbocycles. The van der Waals surface area contributed by atoms with Crippen molar-refractivity contribution in [2.45, 2.75) is 19.8 Å². The minimum atomic E-state index is -0.120. The zero-order chi connectivity index (χ0) is 11.2. The van der Waals surface area contributed by atoms with Crippen LogP contribution in [-0.4, -0.2) is 6.16 Å². The van der Waals surface area contributed by atoms with Gasteiger partial charge in [-0.25, -0.2) is 0 Å². The van der Waals surface area contributed by atoms with Gasteiger partial charge in [0.15, 0.2) is 0 Å². The van der Waals surface area contributed by atoms with Crippen molar-refractivity contribution in [1.82, 2.24) is 0 Å². The third-order valence-electron chi connectivity index (χ3n) is 2.76. The lowest BCUT2D eigenvalue weighted by Gasteiger charge is -2.23. The molecule has 0 spiro atoms. The Morgan fingerprint density at radius 2 is 1.69 bits per heavy atom. The number of hydrogen-bond acceptors (Lipinski definition) is 0. The first-order chi connectivity index (χ1) is 7.92. The average molecular weight is 229 g/mol. The predicted octanol–water partition coefficient (Wildman–Crippen LogP) is 3.96. The molecule has 0 nitrogen and oxygen atoms in total. The quantitative estimate of drug-likeness (QED) is 0.670. The molecule has 16 heavy (non-hydrogen) atoms. The summed E-state index contributed by atoms with van der Waals surface area (Å²) < 4.78 is 0. The van der Waals surface area contributed by atoms with Gasteiger partial charge < -0.3 is 0 Å². The molecule has 0 heterocycles. The fraction of sp³-hybridized carbons (Fsp3) is 0.267. The molecule has 1 aromatic carbocycles. The van der Waals surface area contributed by atoms with Crippen molar-refractivity contribution in [1.29, 1.82) is 0 Å². The molecule has 1 heteroatoms.